The Hall–Kier alpha value is -3.61. The number of rotatable bonds is 12. The second-order valence-electron chi connectivity index (χ2n) is 15.7. The molecule has 2 aliphatic heterocycles. The highest BCUT2D eigenvalue weighted by Gasteiger charge is 2.68. The van der Waals surface area contributed by atoms with Crippen LogP contribution in [-0.2, 0) is 33.2 Å². The van der Waals surface area contributed by atoms with Gasteiger partial charge in [-0.05, 0) is 92.4 Å². The van der Waals surface area contributed by atoms with Gasteiger partial charge in [0, 0.05) is 12.5 Å². The minimum atomic E-state index is -4.51. The first kappa shape index (κ1) is 36.7. The number of carbonyl (C=O) groups is 1. The van der Waals surface area contributed by atoms with Crippen LogP contribution in [0.3, 0.4) is 0 Å². The largest absolute Gasteiger partial charge is 0.482 e. The van der Waals surface area contributed by atoms with Crippen LogP contribution in [0.2, 0.25) is 5.15 Å². The number of fused-ring (bicyclic) bond motifs is 1. The second kappa shape index (κ2) is 14.0. The Kier molecular flexibility index (Phi) is 9.88. The van der Waals surface area contributed by atoms with Crippen molar-refractivity contribution in [1.29, 1.82) is 0 Å². The third kappa shape index (κ3) is 6.71. The molecule has 3 unspecified atom stereocenters. The Labute approximate surface area is 307 Å². The number of halogens is 4. The highest BCUT2D eigenvalue weighted by atomic mass is 35.5. The second-order valence-corrected chi connectivity index (χ2v) is 16.0. The minimum absolute atomic E-state index is 0.0716. The molecule has 2 N–H and O–H groups in total. The van der Waals surface area contributed by atoms with Crippen molar-refractivity contribution in [2.45, 2.75) is 108 Å². The Balaban J connectivity index is 1.14. The van der Waals surface area contributed by atoms with Crippen LogP contribution in [0.5, 0.6) is 0 Å². The van der Waals surface area contributed by atoms with Crippen LogP contribution in [0.1, 0.15) is 93.6 Å². The van der Waals surface area contributed by atoms with Crippen molar-refractivity contribution in [3.8, 4) is 0 Å². The summed E-state index contributed by atoms with van der Waals surface area (Å²) >= 11 is 6.81. The Morgan fingerprint density at radius 3 is 2.60 bits per heavy atom. The van der Waals surface area contributed by atoms with Crippen LogP contribution in [0.4, 0.5) is 19.0 Å². The first-order valence-corrected chi connectivity index (χ1v) is 18.6. The molecule has 4 fully saturated rings. The van der Waals surface area contributed by atoms with Gasteiger partial charge in [0.05, 0.1) is 28.9 Å². The maximum Gasteiger partial charge on any atom is 0.482 e. The summed E-state index contributed by atoms with van der Waals surface area (Å²) in [4.78, 5) is 32.9. The molecule has 13 heteroatoms. The first-order chi connectivity index (χ1) is 24.7. The molecule has 3 aliphatic carbocycles. The standard InChI is InChI=1S/C39H45BClF3N4O4/c1-5-11-31(40-51-30-21-27-20-29(37(27,2)3)38(30,4)52-40)46-35(49)28-19-25(16-9-14-23-12-7-6-8-13-23)32-33(41)47-34(36(50)48(28)32)45-22-24-15-10-17-26(18-24)39(42,43)44/h5-8,10,12-13,15,17-18,25,27-31H,1,9,11,14,16,19-22H2,2-4H3,(H,45,47)(H,46,49)/t25-,27?,28-,29?,30?,31-,38+/m0/s1. The molecule has 8 nitrogen and oxygen atoms in total. The predicted molar refractivity (Wildman–Crippen MR) is 195 cm³/mol. The average molecular weight is 737 g/mol. The van der Waals surface area contributed by atoms with Crippen LogP contribution >= 0.6 is 11.6 Å². The Bertz CT molecular complexity index is 1890. The van der Waals surface area contributed by atoms with Crippen molar-refractivity contribution >= 4 is 30.4 Å². The lowest BCUT2D eigenvalue weighted by molar-refractivity contribution is -0.199. The lowest BCUT2D eigenvalue weighted by Crippen LogP contribution is -2.65. The molecule has 2 aromatic carbocycles. The van der Waals surface area contributed by atoms with Crippen molar-refractivity contribution in [2.24, 2.45) is 17.3 Å². The smallest absolute Gasteiger partial charge is 0.404 e. The molecule has 5 aliphatic rings. The number of nitrogens with zero attached hydrogens (tertiary/aromatic N) is 2. The molecular weight excluding hydrogens is 692 g/mol. The van der Waals surface area contributed by atoms with Crippen LogP contribution in [0, 0.1) is 17.3 Å². The number of aryl methyl sites for hydroxylation is 1. The molecule has 3 heterocycles. The summed E-state index contributed by atoms with van der Waals surface area (Å²) < 4.78 is 54.7. The van der Waals surface area contributed by atoms with E-state index < -0.39 is 42.0 Å². The number of alkyl halides is 3. The van der Waals surface area contributed by atoms with Crippen LogP contribution in [0.25, 0.3) is 0 Å². The van der Waals surface area contributed by atoms with Crippen LogP contribution in [-0.4, -0.2) is 40.2 Å². The van der Waals surface area contributed by atoms with Crippen LogP contribution < -0.4 is 16.2 Å². The molecule has 8 rings (SSSR count). The summed E-state index contributed by atoms with van der Waals surface area (Å²) in [6, 6.07) is 14.0. The zero-order chi connectivity index (χ0) is 37.0. The van der Waals surface area contributed by atoms with Gasteiger partial charge in [-0.1, -0.05) is 74.0 Å². The van der Waals surface area contributed by atoms with E-state index in [0.29, 0.717) is 42.4 Å². The van der Waals surface area contributed by atoms with E-state index in [0.717, 1.165) is 37.8 Å². The number of hydrogen-bond acceptors (Lipinski definition) is 6. The van der Waals surface area contributed by atoms with E-state index in [1.807, 2.05) is 18.2 Å². The first-order valence-electron chi connectivity index (χ1n) is 18.2. The van der Waals surface area contributed by atoms with E-state index in [4.69, 9.17) is 20.9 Å². The van der Waals surface area contributed by atoms with Crippen molar-refractivity contribution in [2.75, 3.05) is 5.32 Å². The highest BCUT2D eigenvalue weighted by Crippen LogP contribution is 2.65. The minimum Gasteiger partial charge on any atom is -0.404 e. The van der Waals surface area contributed by atoms with Gasteiger partial charge in [-0.3, -0.25) is 14.2 Å². The van der Waals surface area contributed by atoms with Crippen molar-refractivity contribution in [1.82, 2.24) is 14.9 Å². The third-order valence-corrected chi connectivity index (χ3v) is 12.5. The maximum atomic E-state index is 14.3. The fourth-order valence-corrected chi connectivity index (χ4v) is 9.62. The maximum absolute atomic E-state index is 14.3. The SMILES string of the molecule is C=CC[C@H](NC(=O)[C@@H]1C[C@H](CCCc2ccccc2)c2c(Cl)nc(NCc3cccc(C(F)(F)F)c3)c(=O)n21)B1OC2CC3CC(C3(C)C)[C@@]2(C)O1. The van der Waals surface area contributed by atoms with Gasteiger partial charge in [0.2, 0.25) is 5.91 Å². The van der Waals surface area contributed by atoms with E-state index in [-0.39, 0.29) is 40.9 Å². The van der Waals surface area contributed by atoms with E-state index in [9.17, 15) is 22.8 Å². The number of aromatic nitrogens is 2. The molecule has 7 atom stereocenters. The van der Waals surface area contributed by atoms with Gasteiger partial charge in [0.15, 0.2) is 11.0 Å². The molecule has 1 saturated heterocycles. The number of amides is 1. The van der Waals surface area contributed by atoms with E-state index >= 15 is 0 Å². The Morgan fingerprint density at radius 2 is 1.88 bits per heavy atom. The van der Waals surface area contributed by atoms with E-state index in [1.165, 1.54) is 22.3 Å². The van der Waals surface area contributed by atoms with Gasteiger partial charge in [-0.25, -0.2) is 4.98 Å². The number of carbonyl (C=O) groups excluding carboxylic acids is 1. The quantitative estimate of drug-likeness (QED) is 0.145. The summed E-state index contributed by atoms with van der Waals surface area (Å²) in [7, 11) is -0.683. The van der Waals surface area contributed by atoms with Crippen molar-refractivity contribution < 1.29 is 27.3 Å². The fourth-order valence-electron chi connectivity index (χ4n) is 9.29. The van der Waals surface area contributed by atoms with Crippen molar-refractivity contribution in [3.05, 3.63) is 105 Å². The molecule has 2 bridgehead atoms. The highest BCUT2D eigenvalue weighted by molar-refractivity contribution is 6.48. The van der Waals surface area contributed by atoms with Gasteiger partial charge in [-0.2, -0.15) is 13.2 Å². The summed E-state index contributed by atoms with van der Waals surface area (Å²) in [5.41, 5.74) is 0.314. The lowest BCUT2D eigenvalue weighted by atomic mass is 9.43. The normalized spacial score (nSPS) is 27.7. The van der Waals surface area contributed by atoms with Gasteiger partial charge < -0.3 is 19.9 Å². The van der Waals surface area contributed by atoms with Crippen LogP contribution in [0.15, 0.2) is 72.0 Å². The number of hydrogen-bond donors (Lipinski definition) is 2. The molecule has 3 saturated carbocycles. The zero-order valence-corrected chi connectivity index (χ0v) is 30.5. The van der Waals surface area contributed by atoms with Crippen molar-refractivity contribution in [3.63, 3.8) is 0 Å². The molecule has 52 heavy (non-hydrogen) atoms. The van der Waals surface area contributed by atoms with Gasteiger partial charge in [0.1, 0.15) is 6.04 Å². The summed E-state index contributed by atoms with van der Waals surface area (Å²) in [5.74, 6) is -0.360. The summed E-state index contributed by atoms with van der Waals surface area (Å²) in [6.45, 7) is 10.5. The Morgan fingerprint density at radius 1 is 1.13 bits per heavy atom. The number of anilines is 1. The molecule has 1 aromatic heterocycles. The predicted octanol–water partition coefficient (Wildman–Crippen LogP) is 7.91. The zero-order valence-electron chi connectivity index (χ0n) is 29.7. The fraction of sp³-hybridized carbons (Fsp3) is 0.513. The topological polar surface area (TPSA) is 94.5 Å². The average Bonchev–Trinajstić information content (AvgIpc) is 3.68. The monoisotopic (exact) mass is 736 g/mol. The van der Waals surface area contributed by atoms with Gasteiger partial charge in [-0.15, -0.1) is 6.58 Å². The number of benzene rings is 2. The molecular formula is C39H45BClF3N4O4. The number of nitrogens with one attached hydrogen (secondary N) is 2. The molecule has 3 aromatic rings. The third-order valence-electron chi connectivity index (χ3n) is 12.2. The van der Waals surface area contributed by atoms with Gasteiger partial charge in [0.25, 0.3) is 5.56 Å². The summed E-state index contributed by atoms with van der Waals surface area (Å²) in [6.07, 6.45) is 2.16. The van der Waals surface area contributed by atoms with E-state index in [2.05, 4.69) is 55.1 Å². The molecule has 0 spiro atoms. The van der Waals surface area contributed by atoms with E-state index in [1.54, 1.807) is 6.08 Å². The molecule has 276 valence electrons. The molecule has 0 radical (unpaired) electrons. The summed E-state index contributed by atoms with van der Waals surface area (Å²) in [5, 5.41) is 6.12. The lowest BCUT2D eigenvalue weighted by Gasteiger charge is -2.64. The van der Waals surface area contributed by atoms with Gasteiger partial charge >= 0.3 is 13.3 Å². The molecule has 1 amide bonds.